The van der Waals surface area contributed by atoms with Gasteiger partial charge in [0.25, 0.3) is 0 Å². The van der Waals surface area contributed by atoms with Gasteiger partial charge in [-0.25, -0.2) is 0 Å². The van der Waals surface area contributed by atoms with Crippen LogP contribution in [0.25, 0.3) is 22.4 Å². The number of ketones is 1. The van der Waals surface area contributed by atoms with E-state index < -0.39 is 37.3 Å². The van der Waals surface area contributed by atoms with Crippen molar-refractivity contribution in [2.24, 2.45) is 0 Å². The zero-order chi connectivity index (χ0) is 26.9. The third kappa shape index (κ3) is 4.69. The normalized spacial score (nSPS) is 23.3. The number of hydrogen-bond donors (Lipinski definition) is 4. The molecule has 192 valence electrons. The van der Waals surface area contributed by atoms with Crippen LogP contribution in [0.1, 0.15) is 29.1 Å². The van der Waals surface area contributed by atoms with Crippen molar-refractivity contribution >= 4 is 18.0 Å². The summed E-state index contributed by atoms with van der Waals surface area (Å²) >= 11 is 5.74. The number of aliphatic hydroxyl groups excluding tert-OH is 4. The van der Waals surface area contributed by atoms with Crippen LogP contribution >= 0.6 is 12.2 Å². The van der Waals surface area contributed by atoms with Gasteiger partial charge in [-0.3, -0.25) is 4.79 Å². The average molecular weight is 523 g/mol. The first-order valence-corrected chi connectivity index (χ1v) is 11.9. The Hall–Kier alpha value is -3.43. The van der Waals surface area contributed by atoms with E-state index in [1.54, 1.807) is 54.6 Å². The van der Waals surface area contributed by atoms with Crippen LogP contribution in [-0.4, -0.2) is 68.9 Å². The number of benzene rings is 2. The van der Waals surface area contributed by atoms with E-state index in [-0.39, 0.29) is 27.2 Å². The maximum absolute atomic E-state index is 13.3. The molecule has 9 nitrogen and oxygen atoms in total. The Bertz CT molecular complexity index is 1400. The van der Waals surface area contributed by atoms with Gasteiger partial charge in [-0.1, -0.05) is 54.7 Å². The summed E-state index contributed by atoms with van der Waals surface area (Å²) < 4.78 is 12.3. The number of pyridine rings is 1. The lowest BCUT2D eigenvalue weighted by molar-refractivity contribution is -0.251. The van der Waals surface area contributed by atoms with Gasteiger partial charge < -0.3 is 34.5 Å². The highest BCUT2D eigenvalue weighted by molar-refractivity contribution is 7.71. The first kappa shape index (κ1) is 26.6. The number of carbonyl (C=O) groups excluding carboxylic acids is 1. The molecule has 1 saturated heterocycles. The van der Waals surface area contributed by atoms with Crippen molar-refractivity contribution in [1.82, 2.24) is 4.57 Å². The molecule has 2 heterocycles. The summed E-state index contributed by atoms with van der Waals surface area (Å²) in [7, 11) is 1.53. The molecule has 0 unspecified atom stereocenters. The van der Waals surface area contributed by atoms with Crippen LogP contribution < -0.4 is 4.74 Å². The van der Waals surface area contributed by atoms with Gasteiger partial charge >= 0.3 is 0 Å². The molecule has 1 fully saturated rings. The maximum Gasteiger partial charge on any atom is 0.164 e. The summed E-state index contributed by atoms with van der Waals surface area (Å²) in [5.74, 6) is 0.204. The van der Waals surface area contributed by atoms with E-state index in [0.29, 0.717) is 22.4 Å². The van der Waals surface area contributed by atoms with Crippen molar-refractivity contribution in [3.05, 3.63) is 70.4 Å². The van der Waals surface area contributed by atoms with Crippen LogP contribution in [0.5, 0.6) is 5.75 Å². The van der Waals surface area contributed by atoms with E-state index >= 15 is 0 Å². The van der Waals surface area contributed by atoms with Gasteiger partial charge in [0.05, 0.1) is 30.5 Å². The highest BCUT2D eigenvalue weighted by Crippen LogP contribution is 2.41. The summed E-state index contributed by atoms with van der Waals surface area (Å²) in [5.41, 5.74) is 1.79. The lowest BCUT2D eigenvalue weighted by Crippen LogP contribution is -2.56. The average Bonchev–Trinajstić information content (AvgIpc) is 2.92. The third-order valence-corrected chi connectivity index (χ3v) is 6.82. The van der Waals surface area contributed by atoms with E-state index in [0.717, 1.165) is 0 Å². The smallest absolute Gasteiger partial charge is 0.164 e. The summed E-state index contributed by atoms with van der Waals surface area (Å²) in [6.07, 6.45) is -7.61. The molecule has 4 rings (SSSR count). The molecule has 1 aromatic heterocycles. The van der Waals surface area contributed by atoms with Crippen molar-refractivity contribution in [2.75, 3.05) is 13.7 Å². The van der Waals surface area contributed by atoms with Crippen molar-refractivity contribution < 1.29 is 34.7 Å². The fourth-order valence-corrected chi connectivity index (χ4v) is 4.95. The molecular formula is C27H26N2O7S. The zero-order valence-electron chi connectivity index (χ0n) is 20.1. The number of carbonyl (C=O) groups is 1. The molecule has 5 atom stereocenters. The summed E-state index contributed by atoms with van der Waals surface area (Å²) in [4.78, 5) is 13.3. The second-order valence-electron chi connectivity index (χ2n) is 8.63. The van der Waals surface area contributed by atoms with E-state index in [1.807, 2.05) is 0 Å². The first-order chi connectivity index (χ1) is 17.7. The minimum Gasteiger partial charge on any atom is -0.497 e. The van der Waals surface area contributed by atoms with Gasteiger partial charge in [-0.15, -0.1) is 0 Å². The molecule has 37 heavy (non-hydrogen) atoms. The Morgan fingerprint density at radius 3 is 2.24 bits per heavy atom. The minimum atomic E-state index is -1.69. The third-order valence-electron chi connectivity index (χ3n) is 6.42. The molecule has 1 aliphatic rings. The number of methoxy groups -OCH3 is 1. The monoisotopic (exact) mass is 522 g/mol. The van der Waals surface area contributed by atoms with Crippen LogP contribution in [0.15, 0.2) is 54.6 Å². The van der Waals surface area contributed by atoms with Gasteiger partial charge in [0.2, 0.25) is 0 Å². The van der Waals surface area contributed by atoms with Gasteiger partial charge in [-0.05, 0) is 30.2 Å². The Kier molecular flexibility index (Phi) is 7.85. The number of aromatic nitrogens is 1. The minimum absolute atomic E-state index is 0.0120. The molecule has 0 amide bonds. The molecule has 2 aromatic carbocycles. The molecule has 4 N–H and O–H groups in total. The summed E-state index contributed by atoms with van der Waals surface area (Å²) in [6.45, 7) is 0.709. The molecule has 3 aromatic rings. The lowest BCUT2D eigenvalue weighted by Gasteiger charge is -2.42. The predicted molar refractivity (Wildman–Crippen MR) is 136 cm³/mol. The molecule has 0 spiro atoms. The number of aliphatic hydroxyl groups is 4. The number of nitrogens with zero attached hydrogens (tertiary/aromatic N) is 2. The number of nitriles is 1. The highest BCUT2D eigenvalue weighted by Gasteiger charge is 2.45. The topological polar surface area (TPSA) is 145 Å². The second-order valence-corrected chi connectivity index (χ2v) is 9.02. The van der Waals surface area contributed by atoms with E-state index in [9.17, 15) is 30.5 Å². The Morgan fingerprint density at radius 1 is 1.05 bits per heavy atom. The Labute approximate surface area is 218 Å². The van der Waals surface area contributed by atoms with E-state index in [1.165, 1.54) is 18.6 Å². The molecular weight excluding hydrogens is 496 g/mol. The van der Waals surface area contributed by atoms with Gasteiger partial charge in [0.1, 0.15) is 40.9 Å². The molecule has 0 radical (unpaired) electrons. The summed E-state index contributed by atoms with van der Waals surface area (Å²) in [5, 5.41) is 51.7. The van der Waals surface area contributed by atoms with Crippen molar-refractivity contribution in [1.29, 1.82) is 5.26 Å². The fourth-order valence-electron chi connectivity index (χ4n) is 4.60. The van der Waals surface area contributed by atoms with E-state index in [2.05, 4.69) is 6.07 Å². The van der Waals surface area contributed by atoms with Crippen LogP contribution in [0.3, 0.4) is 0 Å². The Morgan fingerprint density at radius 2 is 1.70 bits per heavy atom. The number of ether oxygens (including phenoxy) is 2. The second kappa shape index (κ2) is 10.9. The van der Waals surface area contributed by atoms with Crippen molar-refractivity contribution in [2.45, 2.75) is 37.6 Å². The quantitative estimate of drug-likeness (QED) is 0.283. The van der Waals surface area contributed by atoms with Crippen molar-refractivity contribution in [3.63, 3.8) is 0 Å². The van der Waals surface area contributed by atoms with Crippen LogP contribution in [0.2, 0.25) is 0 Å². The van der Waals surface area contributed by atoms with Crippen LogP contribution in [-0.2, 0) is 4.74 Å². The first-order valence-electron chi connectivity index (χ1n) is 11.5. The van der Waals surface area contributed by atoms with E-state index in [4.69, 9.17) is 21.7 Å². The number of Topliss-reactive ketones (excluding diaryl/α,β-unsaturated/α-hetero) is 1. The molecule has 10 heteroatoms. The molecule has 0 saturated carbocycles. The SMILES string of the molecule is COc1ccc(-c2c(C(C)=O)c(-c3ccccc3)n([C@H]3O[C@@H](CO)[C@@H](O)[C@@H](O)[C@@H]3O)c(=S)c2C#N)cc1. The van der Waals surface area contributed by atoms with Crippen LogP contribution in [0.4, 0.5) is 0 Å². The predicted octanol–water partition coefficient (Wildman–Crippen LogP) is 2.61. The van der Waals surface area contributed by atoms with Crippen LogP contribution in [0, 0.1) is 16.0 Å². The van der Waals surface area contributed by atoms with Gasteiger partial charge in [0, 0.05) is 5.56 Å². The zero-order valence-corrected chi connectivity index (χ0v) is 20.9. The highest BCUT2D eigenvalue weighted by atomic mass is 32.1. The van der Waals surface area contributed by atoms with Crippen molar-refractivity contribution in [3.8, 4) is 34.2 Å². The summed E-state index contributed by atoms with van der Waals surface area (Å²) in [6, 6.07) is 17.7. The largest absolute Gasteiger partial charge is 0.497 e. The lowest BCUT2D eigenvalue weighted by atomic mass is 9.89. The van der Waals surface area contributed by atoms with Gasteiger partial charge in [-0.2, -0.15) is 5.26 Å². The molecule has 0 aliphatic carbocycles. The standard InChI is InChI=1S/C27H26N2O7S/c1-14(31)20-21(15-8-10-17(35-2)11-9-15)18(12-28)27(37)29(22(20)16-6-4-3-5-7-16)26-25(34)24(33)23(32)19(13-30)36-26/h3-11,19,23-26,30,32-34H,13H2,1-2H3/t19-,23+,24+,25-,26-/m0/s1. The maximum atomic E-state index is 13.3. The van der Waals surface area contributed by atoms with Gasteiger partial charge in [0.15, 0.2) is 12.0 Å². The fraction of sp³-hybridized carbons (Fsp3) is 0.296. The molecule has 1 aliphatic heterocycles. The number of hydrogen-bond acceptors (Lipinski definition) is 9. The molecule has 0 bridgehead atoms. The number of rotatable bonds is 6. The Balaban J connectivity index is 2.14.